The first kappa shape index (κ1) is 12.7. The number of nitrogens with one attached hydrogen (secondary N) is 1. The number of hydrogen-bond acceptors (Lipinski definition) is 3. The molecule has 2 rings (SSSR count). The standard InChI is InChI=1S/C13H17FN4/c1-13(2,3)12-16-11(17-18-12)10(15)8-4-6-9(14)7-5-8/h4-7,10H,15H2,1-3H3,(H,16,17,18)/t10-/m1/s1. The van der Waals surface area contributed by atoms with Crippen molar-refractivity contribution in [3.63, 3.8) is 0 Å². The van der Waals surface area contributed by atoms with Gasteiger partial charge in [0.1, 0.15) is 11.6 Å². The molecule has 1 aromatic carbocycles. The SMILES string of the molecule is CC(C)(C)c1n[nH]c([C@H](N)c2ccc(F)cc2)n1. The Bertz CT molecular complexity index is 525. The van der Waals surface area contributed by atoms with Crippen molar-refractivity contribution in [1.29, 1.82) is 0 Å². The van der Waals surface area contributed by atoms with Gasteiger partial charge in [0, 0.05) is 5.41 Å². The van der Waals surface area contributed by atoms with E-state index in [-0.39, 0.29) is 11.2 Å². The lowest BCUT2D eigenvalue weighted by molar-refractivity contribution is 0.547. The van der Waals surface area contributed by atoms with Crippen molar-refractivity contribution in [1.82, 2.24) is 15.2 Å². The maximum absolute atomic E-state index is 12.8. The molecule has 0 aliphatic heterocycles. The van der Waals surface area contributed by atoms with Gasteiger partial charge in [-0.15, -0.1) is 0 Å². The molecule has 1 atom stereocenters. The Morgan fingerprint density at radius 2 is 1.83 bits per heavy atom. The minimum Gasteiger partial charge on any atom is -0.318 e. The number of hydrogen-bond donors (Lipinski definition) is 2. The number of halogens is 1. The third-order valence-electron chi connectivity index (χ3n) is 2.70. The molecule has 96 valence electrons. The highest BCUT2D eigenvalue weighted by Crippen LogP contribution is 2.21. The van der Waals surface area contributed by atoms with Crippen LogP contribution in [-0.4, -0.2) is 15.2 Å². The normalized spacial score (nSPS) is 13.6. The van der Waals surface area contributed by atoms with E-state index in [0.29, 0.717) is 5.82 Å². The smallest absolute Gasteiger partial charge is 0.156 e. The second-order valence-corrected chi connectivity index (χ2v) is 5.32. The Hall–Kier alpha value is -1.75. The van der Waals surface area contributed by atoms with Crippen LogP contribution in [0.1, 0.15) is 44.0 Å². The minimum atomic E-state index is -0.422. The fraction of sp³-hybridized carbons (Fsp3) is 0.385. The third kappa shape index (κ3) is 2.56. The monoisotopic (exact) mass is 248 g/mol. The number of aromatic amines is 1. The molecule has 0 saturated carbocycles. The Morgan fingerprint density at radius 3 is 2.33 bits per heavy atom. The Morgan fingerprint density at radius 1 is 1.22 bits per heavy atom. The molecule has 0 aliphatic rings. The quantitative estimate of drug-likeness (QED) is 0.856. The maximum atomic E-state index is 12.8. The van der Waals surface area contributed by atoms with E-state index in [4.69, 9.17) is 5.73 Å². The van der Waals surface area contributed by atoms with Crippen LogP contribution < -0.4 is 5.73 Å². The first-order valence-corrected chi connectivity index (χ1v) is 5.82. The molecule has 18 heavy (non-hydrogen) atoms. The second kappa shape index (κ2) is 4.49. The molecule has 3 N–H and O–H groups in total. The predicted octanol–water partition coefficient (Wildman–Crippen LogP) is 2.29. The van der Waals surface area contributed by atoms with Crippen LogP contribution in [0, 0.1) is 5.82 Å². The van der Waals surface area contributed by atoms with Crippen molar-refractivity contribution in [3.05, 3.63) is 47.3 Å². The highest BCUT2D eigenvalue weighted by Gasteiger charge is 2.21. The molecule has 0 aliphatic carbocycles. The number of nitrogens with two attached hydrogens (primary N) is 1. The molecule has 0 amide bonds. The molecule has 4 nitrogen and oxygen atoms in total. The summed E-state index contributed by atoms with van der Waals surface area (Å²) in [6.07, 6.45) is 0. The van der Waals surface area contributed by atoms with Crippen molar-refractivity contribution >= 4 is 0 Å². The minimum absolute atomic E-state index is 0.128. The van der Waals surface area contributed by atoms with E-state index < -0.39 is 6.04 Å². The number of H-pyrrole nitrogens is 1. The van der Waals surface area contributed by atoms with Crippen LogP contribution in [0.4, 0.5) is 4.39 Å². The first-order valence-electron chi connectivity index (χ1n) is 5.82. The number of rotatable bonds is 2. The molecule has 0 saturated heterocycles. The van der Waals surface area contributed by atoms with Gasteiger partial charge in [-0.1, -0.05) is 32.9 Å². The van der Waals surface area contributed by atoms with E-state index in [1.807, 2.05) is 20.8 Å². The van der Waals surface area contributed by atoms with Crippen LogP contribution in [0.25, 0.3) is 0 Å². The molecule has 0 spiro atoms. The predicted molar refractivity (Wildman–Crippen MR) is 67.5 cm³/mol. The lowest BCUT2D eigenvalue weighted by atomic mass is 9.96. The molecule has 0 fully saturated rings. The summed E-state index contributed by atoms with van der Waals surface area (Å²) in [6.45, 7) is 6.09. The summed E-state index contributed by atoms with van der Waals surface area (Å²) in [5.74, 6) is 1.03. The van der Waals surface area contributed by atoms with E-state index in [1.54, 1.807) is 12.1 Å². The number of aromatic nitrogens is 3. The highest BCUT2D eigenvalue weighted by atomic mass is 19.1. The van der Waals surface area contributed by atoms with Gasteiger partial charge < -0.3 is 5.73 Å². The zero-order valence-corrected chi connectivity index (χ0v) is 10.7. The number of benzene rings is 1. The summed E-state index contributed by atoms with van der Waals surface area (Å²) in [7, 11) is 0. The largest absolute Gasteiger partial charge is 0.318 e. The molecular weight excluding hydrogens is 231 g/mol. The molecule has 0 radical (unpaired) electrons. The summed E-state index contributed by atoms with van der Waals surface area (Å²) >= 11 is 0. The van der Waals surface area contributed by atoms with Gasteiger partial charge in [0.2, 0.25) is 0 Å². The maximum Gasteiger partial charge on any atom is 0.156 e. The van der Waals surface area contributed by atoms with Crippen molar-refractivity contribution in [3.8, 4) is 0 Å². The molecule has 1 heterocycles. The van der Waals surface area contributed by atoms with Crippen molar-refractivity contribution < 1.29 is 4.39 Å². The van der Waals surface area contributed by atoms with Gasteiger partial charge in [-0.05, 0) is 17.7 Å². The van der Waals surface area contributed by atoms with E-state index in [2.05, 4.69) is 15.2 Å². The zero-order chi connectivity index (χ0) is 13.3. The van der Waals surface area contributed by atoms with Crippen LogP contribution in [0.3, 0.4) is 0 Å². The van der Waals surface area contributed by atoms with Gasteiger partial charge in [-0.25, -0.2) is 9.37 Å². The van der Waals surface area contributed by atoms with E-state index in [0.717, 1.165) is 11.4 Å². The van der Waals surface area contributed by atoms with E-state index in [9.17, 15) is 4.39 Å². The van der Waals surface area contributed by atoms with Crippen LogP contribution in [0.2, 0.25) is 0 Å². The van der Waals surface area contributed by atoms with Gasteiger partial charge in [0.15, 0.2) is 5.82 Å². The fourth-order valence-corrected chi connectivity index (χ4v) is 1.58. The van der Waals surface area contributed by atoms with Gasteiger partial charge in [-0.3, -0.25) is 5.10 Å². The molecule has 5 heteroatoms. The van der Waals surface area contributed by atoms with Crippen LogP contribution in [0.5, 0.6) is 0 Å². The first-order chi connectivity index (χ1) is 8.38. The summed E-state index contributed by atoms with van der Waals surface area (Å²) < 4.78 is 12.8. The Balaban J connectivity index is 2.26. The molecule has 1 aromatic heterocycles. The highest BCUT2D eigenvalue weighted by molar-refractivity contribution is 5.24. The lowest BCUT2D eigenvalue weighted by Crippen LogP contribution is -2.16. The van der Waals surface area contributed by atoms with Crippen LogP contribution in [0.15, 0.2) is 24.3 Å². The third-order valence-corrected chi connectivity index (χ3v) is 2.70. The van der Waals surface area contributed by atoms with Crippen molar-refractivity contribution in [2.45, 2.75) is 32.2 Å². The van der Waals surface area contributed by atoms with Gasteiger partial charge in [0.25, 0.3) is 0 Å². The van der Waals surface area contributed by atoms with Gasteiger partial charge in [0.05, 0.1) is 6.04 Å². The van der Waals surface area contributed by atoms with Crippen LogP contribution >= 0.6 is 0 Å². The fourth-order valence-electron chi connectivity index (χ4n) is 1.58. The van der Waals surface area contributed by atoms with E-state index >= 15 is 0 Å². The van der Waals surface area contributed by atoms with Crippen molar-refractivity contribution in [2.75, 3.05) is 0 Å². The lowest BCUT2D eigenvalue weighted by Gasteiger charge is -2.12. The topological polar surface area (TPSA) is 67.6 Å². The molecular formula is C13H17FN4. The summed E-state index contributed by atoms with van der Waals surface area (Å²) in [5, 5.41) is 7.01. The molecule has 0 unspecified atom stereocenters. The number of nitrogens with zero attached hydrogens (tertiary/aromatic N) is 2. The van der Waals surface area contributed by atoms with Crippen molar-refractivity contribution in [2.24, 2.45) is 5.73 Å². The molecule has 0 bridgehead atoms. The summed E-state index contributed by atoms with van der Waals surface area (Å²) in [6, 6.07) is 5.65. The average molecular weight is 248 g/mol. The van der Waals surface area contributed by atoms with E-state index in [1.165, 1.54) is 12.1 Å². The molecule has 2 aromatic rings. The summed E-state index contributed by atoms with van der Waals surface area (Å²) in [5.41, 5.74) is 6.74. The second-order valence-electron chi connectivity index (χ2n) is 5.32. The average Bonchev–Trinajstić information content (AvgIpc) is 2.78. The Kier molecular flexibility index (Phi) is 3.17. The van der Waals surface area contributed by atoms with Crippen LogP contribution in [-0.2, 0) is 5.41 Å². The van der Waals surface area contributed by atoms with Gasteiger partial charge in [-0.2, -0.15) is 5.10 Å². The Labute approximate surface area is 105 Å². The summed E-state index contributed by atoms with van der Waals surface area (Å²) in [4.78, 5) is 4.39. The van der Waals surface area contributed by atoms with Gasteiger partial charge >= 0.3 is 0 Å². The zero-order valence-electron chi connectivity index (χ0n) is 10.7.